The molecule has 0 aromatic heterocycles. The topological polar surface area (TPSA) is 66.5 Å². The van der Waals surface area contributed by atoms with Crippen LogP contribution in [-0.4, -0.2) is 59.6 Å². The van der Waals surface area contributed by atoms with Gasteiger partial charge in [0.2, 0.25) is 0 Å². The van der Waals surface area contributed by atoms with Crippen LogP contribution in [0.1, 0.15) is 53.0 Å². The van der Waals surface area contributed by atoms with E-state index in [1.165, 1.54) is 0 Å². The minimum Gasteiger partial charge on any atom is -0.444 e. The molecule has 4 rings (SSSR count). The van der Waals surface area contributed by atoms with Gasteiger partial charge in [0.25, 0.3) is 0 Å². The van der Waals surface area contributed by atoms with Crippen molar-refractivity contribution in [2.45, 2.75) is 96.1 Å². The first-order valence-electron chi connectivity index (χ1n) is 10.8. The quantitative estimate of drug-likeness (QED) is 0.742. The Bertz CT molecular complexity index is 746. The number of hydrogen-bond donors (Lipinski definition) is 0. The molecular formula is C23H33NO6. The van der Waals surface area contributed by atoms with Crippen molar-refractivity contribution in [3.8, 4) is 0 Å². The molecule has 7 nitrogen and oxygen atoms in total. The van der Waals surface area contributed by atoms with Gasteiger partial charge < -0.3 is 23.7 Å². The molecule has 3 saturated heterocycles. The Kier molecular flexibility index (Phi) is 5.83. The number of piperidine rings is 1. The summed E-state index contributed by atoms with van der Waals surface area (Å²) in [6.07, 6.45) is -0.172. The number of benzene rings is 1. The van der Waals surface area contributed by atoms with Crippen LogP contribution >= 0.6 is 0 Å². The van der Waals surface area contributed by atoms with Gasteiger partial charge in [0.1, 0.15) is 17.8 Å². The maximum Gasteiger partial charge on any atom is 0.410 e. The van der Waals surface area contributed by atoms with E-state index in [1.54, 1.807) is 4.90 Å². The lowest BCUT2D eigenvalue weighted by molar-refractivity contribution is -0.274. The largest absolute Gasteiger partial charge is 0.444 e. The lowest BCUT2D eigenvalue weighted by atomic mass is 9.89. The molecular weight excluding hydrogens is 386 g/mol. The van der Waals surface area contributed by atoms with E-state index >= 15 is 0 Å². The van der Waals surface area contributed by atoms with E-state index in [-0.39, 0.29) is 24.3 Å². The maximum atomic E-state index is 12.9. The van der Waals surface area contributed by atoms with Gasteiger partial charge in [0.05, 0.1) is 18.8 Å². The first-order chi connectivity index (χ1) is 14.1. The molecule has 1 aromatic rings. The average molecular weight is 420 g/mol. The standard InChI is InChI=1S/C23H33NO6/c1-22(2,3)30-21(25)24-13-9-12-16-17(24)18-19(29-23(4,5)28-18)20(27-16)26-14-15-10-7-6-8-11-15/h6-8,10-11,16-20H,9,12-14H2,1-5H3/t16?,17-,18?,19?,20+/m1/s1. The predicted octanol–water partition coefficient (Wildman–Crippen LogP) is 3.85. The van der Waals surface area contributed by atoms with Gasteiger partial charge in [0, 0.05) is 6.54 Å². The Morgan fingerprint density at radius 3 is 2.57 bits per heavy atom. The van der Waals surface area contributed by atoms with Crippen LogP contribution in [0.15, 0.2) is 30.3 Å². The average Bonchev–Trinajstić information content (AvgIpc) is 3.00. The van der Waals surface area contributed by atoms with Crippen molar-refractivity contribution in [3.63, 3.8) is 0 Å². The minimum absolute atomic E-state index is 0.189. The van der Waals surface area contributed by atoms with Crippen molar-refractivity contribution in [2.75, 3.05) is 6.54 Å². The van der Waals surface area contributed by atoms with Crippen LogP contribution < -0.4 is 0 Å². The van der Waals surface area contributed by atoms with E-state index in [4.69, 9.17) is 23.7 Å². The van der Waals surface area contributed by atoms with E-state index < -0.39 is 23.8 Å². The fourth-order valence-electron chi connectivity index (χ4n) is 4.48. The molecule has 1 amide bonds. The molecule has 3 fully saturated rings. The van der Waals surface area contributed by atoms with Crippen molar-refractivity contribution in [1.29, 1.82) is 0 Å². The highest BCUT2D eigenvalue weighted by molar-refractivity contribution is 5.69. The summed E-state index contributed by atoms with van der Waals surface area (Å²) in [5.74, 6) is -0.779. The highest BCUT2D eigenvalue weighted by atomic mass is 16.8. The molecule has 3 aliphatic heterocycles. The molecule has 3 aliphatic rings. The van der Waals surface area contributed by atoms with Crippen LogP contribution in [0.2, 0.25) is 0 Å². The summed E-state index contributed by atoms with van der Waals surface area (Å²) in [5, 5.41) is 0. The van der Waals surface area contributed by atoms with Gasteiger partial charge in [-0.05, 0) is 53.0 Å². The van der Waals surface area contributed by atoms with Crippen LogP contribution in [0.25, 0.3) is 0 Å². The summed E-state index contributed by atoms with van der Waals surface area (Å²) in [7, 11) is 0. The van der Waals surface area contributed by atoms with Crippen molar-refractivity contribution in [3.05, 3.63) is 35.9 Å². The van der Waals surface area contributed by atoms with Crippen LogP contribution in [0.5, 0.6) is 0 Å². The Hall–Kier alpha value is -1.67. The summed E-state index contributed by atoms with van der Waals surface area (Å²) in [4.78, 5) is 14.7. The molecule has 0 bridgehead atoms. The predicted molar refractivity (Wildman–Crippen MR) is 110 cm³/mol. The number of carbonyl (C=O) groups is 1. The molecule has 3 unspecified atom stereocenters. The lowest BCUT2D eigenvalue weighted by Crippen LogP contribution is -2.66. The van der Waals surface area contributed by atoms with E-state index in [1.807, 2.05) is 65.0 Å². The minimum atomic E-state index is -0.779. The van der Waals surface area contributed by atoms with Gasteiger partial charge in [-0.3, -0.25) is 4.90 Å². The van der Waals surface area contributed by atoms with Gasteiger partial charge in [-0.1, -0.05) is 30.3 Å². The second kappa shape index (κ2) is 8.11. The molecule has 0 N–H and O–H groups in total. The zero-order valence-corrected chi connectivity index (χ0v) is 18.5. The number of likely N-dealkylation sites (tertiary alicyclic amines) is 1. The second-order valence-electron chi connectivity index (χ2n) is 9.71. The normalized spacial score (nSPS) is 33.0. The van der Waals surface area contributed by atoms with Crippen molar-refractivity contribution in [2.24, 2.45) is 0 Å². The monoisotopic (exact) mass is 419 g/mol. The van der Waals surface area contributed by atoms with Crippen LogP contribution in [0.3, 0.4) is 0 Å². The van der Waals surface area contributed by atoms with Gasteiger partial charge in [-0.2, -0.15) is 0 Å². The summed E-state index contributed by atoms with van der Waals surface area (Å²) in [6.45, 7) is 10.4. The number of amides is 1. The summed E-state index contributed by atoms with van der Waals surface area (Å²) in [6, 6.07) is 9.71. The number of ether oxygens (including phenoxy) is 5. The molecule has 5 atom stereocenters. The molecule has 0 spiro atoms. The zero-order chi connectivity index (χ0) is 21.5. The molecule has 0 saturated carbocycles. The van der Waals surface area contributed by atoms with Gasteiger partial charge in [-0.15, -0.1) is 0 Å². The summed E-state index contributed by atoms with van der Waals surface area (Å²) in [5.41, 5.74) is 0.504. The summed E-state index contributed by atoms with van der Waals surface area (Å²) < 4.78 is 30.6. The Labute approximate surface area is 178 Å². The van der Waals surface area contributed by atoms with Crippen molar-refractivity contribution in [1.82, 2.24) is 4.90 Å². The second-order valence-corrected chi connectivity index (χ2v) is 9.71. The SMILES string of the molecule is CC(C)(C)OC(=O)N1CCCC2O[C@H](OCc3ccccc3)C3OC(C)(C)OC3[C@@H]21. The zero-order valence-electron chi connectivity index (χ0n) is 18.5. The smallest absolute Gasteiger partial charge is 0.410 e. The van der Waals surface area contributed by atoms with E-state index in [0.29, 0.717) is 13.2 Å². The fraction of sp³-hybridized carbons (Fsp3) is 0.696. The van der Waals surface area contributed by atoms with E-state index in [0.717, 1.165) is 18.4 Å². The van der Waals surface area contributed by atoms with Gasteiger partial charge in [-0.25, -0.2) is 4.79 Å². The number of rotatable bonds is 3. The first-order valence-corrected chi connectivity index (χ1v) is 10.8. The number of carbonyl (C=O) groups excluding carboxylic acids is 1. The number of nitrogens with zero attached hydrogens (tertiary/aromatic N) is 1. The molecule has 3 heterocycles. The Morgan fingerprint density at radius 1 is 1.17 bits per heavy atom. The number of hydrogen-bond acceptors (Lipinski definition) is 6. The van der Waals surface area contributed by atoms with Crippen molar-refractivity contribution < 1.29 is 28.5 Å². The van der Waals surface area contributed by atoms with Crippen LogP contribution in [0.4, 0.5) is 4.79 Å². The maximum absolute atomic E-state index is 12.9. The third-order valence-corrected chi connectivity index (χ3v) is 5.59. The first kappa shape index (κ1) is 21.6. The molecule has 7 heteroatoms. The highest BCUT2D eigenvalue weighted by Crippen LogP contribution is 2.42. The molecule has 30 heavy (non-hydrogen) atoms. The Balaban J connectivity index is 1.54. The van der Waals surface area contributed by atoms with Gasteiger partial charge in [0.15, 0.2) is 12.1 Å². The van der Waals surface area contributed by atoms with E-state index in [2.05, 4.69) is 0 Å². The number of fused-ring (bicyclic) bond motifs is 3. The van der Waals surface area contributed by atoms with Gasteiger partial charge >= 0.3 is 6.09 Å². The highest BCUT2D eigenvalue weighted by Gasteiger charge is 2.59. The molecule has 166 valence electrons. The molecule has 0 radical (unpaired) electrons. The summed E-state index contributed by atoms with van der Waals surface area (Å²) >= 11 is 0. The van der Waals surface area contributed by atoms with Crippen LogP contribution in [0, 0.1) is 0 Å². The third kappa shape index (κ3) is 4.64. The third-order valence-electron chi connectivity index (χ3n) is 5.59. The fourth-order valence-corrected chi connectivity index (χ4v) is 4.48. The molecule has 0 aliphatic carbocycles. The lowest BCUT2D eigenvalue weighted by Gasteiger charge is -2.49. The van der Waals surface area contributed by atoms with E-state index in [9.17, 15) is 4.79 Å². The Morgan fingerprint density at radius 2 is 1.87 bits per heavy atom. The molecule has 1 aromatic carbocycles. The van der Waals surface area contributed by atoms with Crippen molar-refractivity contribution >= 4 is 6.09 Å². The van der Waals surface area contributed by atoms with Crippen LogP contribution in [-0.2, 0) is 30.3 Å².